The monoisotopic (exact) mass is 715 g/mol. The second-order valence-electron chi connectivity index (χ2n) is 10.9. The summed E-state index contributed by atoms with van der Waals surface area (Å²) >= 11 is 2.27. The average Bonchev–Trinajstić information content (AvgIpc) is 3.46. The number of benzene rings is 4. The van der Waals surface area contributed by atoms with E-state index in [0.717, 1.165) is 11.3 Å². The standard InChI is InChI=1S/C39H33N5O5S2/c1-3-49-33-20-11-10-15-27(33)21-32(43-36(46)26-13-6-4-7-14-26)37(47)42-29-18-12-19-30(22-29)50-24-34(45)44-39-31(23-40)25(2)35(51-39)38(48)41-28-16-8-5-9-17-28/h4-22H,3,24H2,1-2H3,(H,41,48)(H,42,47)(H,43,46)(H,44,45)/b32-21+. The van der Waals surface area contributed by atoms with Crippen LogP contribution in [0.1, 0.15) is 43.6 Å². The first-order valence-corrected chi connectivity index (χ1v) is 17.6. The second kappa shape index (κ2) is 17.5. The molecule has 256 valence electrons. The van der Waals surface area contributed by atoms with E-state index in [0.29, 0.717) is 55.2 Å². The third-order valence-corrected chi connectivity index (χ3v) is 9.46. The highest BCUT2D eigenvalue weighted by Crippen LogP contribution is 2.33. The molecule has 1 heterocycles. The van der Waals surface area contributed by atoms with E-state index in [1.54, 1.807) is 104 Å². The van der Waals surface area contributed by atoms with Gasteiger partial charge in [-0.2, -0.15) is 5.26 Å². The van der Waals surface area contributed by atoms with Crippen LogP contribution in [0.25, 0.3) is 6.08 Å². The zero-order valence-electron chi connectivity index (χ0n) is 27.7. The number of nitrogens with one attached hydrogen (secondary N) is 4. The summed E-state index contributed by atoms with van der Waals surface area (Å²) in [6, 6.07) is 33.8. The van der Waals surface area contributed by atoms with Gasteiger partial charge in [-0.25, -0.2) is 0 Å². The molecular formula is C39H33N5O5S2. The molecule has 1 aromatic heterocycles. The van der Waals surface area contributed by atoms with Crippen molar-refractivity contribution in [2.24, 2.45) is 0 Å². The minimum atomic E-state index is -0.560. The normalized spacial score (nSPS) is 10.8. The van der Waals surface area contributed by atoms with Gasteiger partial charge in [0.1, 0.15) is 22.5 Å². The Labute approximate surface area is 303 Å². The molecule has 0 atom stereocenters. The number of thioether (sulfide) groups is 1. The van der Waals surface area contributed by atoms with E-state index < -0.39 is 11.8 Å². The second-order valence-corrected chi connectivity index (χ2v) is 12.9. The molecule has 4 amide bonds. The summed E-state index contributed by atoms with van der Waals surface area (Å²) in [5, 5.41) is 21.2. The van der Waals surface area contributed by atoms with E-state index in [9.17, 15) is 24.4 Å². The third-order valence-electron chi connectivity index (χ3n) is 7.26. The maximum absolute atomic E-state index is 13.6. The van der Waals surface area contributed by atoms with Crippen LogP contribution in [-0.2, 0) is 9.59 Å². The molecule has 0 saturated carbocycles. The van der Waals surface area contributed by atoms with E-state index in [1.807, 2.05) is 25.1 Å². The van der Waals surface area contributed by atoms with Crippen molar-refractivity contribution in [1.82, 2.24) is 5.32 Å². The van der Waals surface area contributed by atoms with Gasteiger partial charge >= 0.3 is 0 Å². The summed E-state index contributed by atoms with van der Waals surface area (Å²) in [6.45, 7) is 3.95. The Morgan fingerprint density at radius 3 is 2.24 bits per heavy atom. The van der Waals surface area contributed by atoms with Crippen LogP contribution in [0.15, 0.2) is 120 Å². The maximum atomic E-state index is 13.6. The zero-order valence-corrected chi connectivity index (χ0v) is 29.3. The van der Waals surface area contributed by atoms with Gasteiger partial charge in [0, 0.05) is 27.4 Å². The number of hydrogen-bond donors (Lipinski definition) is 4. The Kier molecular flexibility index (Phi) is 12.4. The maximum Gasteiger partial charge on any atom is 0.272 e. The van der Waals surface area contributed by atoms with Crippen LogP contribution in [-0.4, -0.2) is 36.0 Å². The predicted octanol–water partition coefficient (Wildman–Crippen LogP) is 7.72. The predicted molar refractivity (Wildman–Crippen MR) is 202 cm³/mol. The summed E-state index contributed by atoms with van der Waals surface area (Å²) in [5.74, 6) is -1.20. The Hall–Kier alpha value is -6.16. The van der Waals surface area contributed by atoms with Gasteiger partial charge in [-0.1, -0.05) is 60.7 Å². The molecule has 0 radical (unpaired) electrons. The topological polar surface area (TPSA) is 149 Å². The van der Waals surface area contributed by atoms with Gasteiger partial charge in [-0.05, 0) is 74.0 Å². The number of nitrogens with zero attached hydrogens (tertiary/aromatic N) is 1. The van der Waals surface area contributed by atoms with Gasteiger partial charge in [0.25, 0.3) is 17.7 Å². The fourth-order valence-corrected chi connectivity index (χ4v) is 6.64. The molecule has 4 N–H and O–H groups in total. The lowest BCUT2D eigenvalue weighted by molar-refractivity contribution is -0.114. The van der Waals surface area contributed by atoms with Crippen LogP contribution < -0.4 is 26.0 Å². The Bertz CT molecular complexity index is 2120. The van der Waals surface area contributed by atoms with Gasteiger partial charge in [0.2, 0.25) is 5.91 Å². The number of ether oxygens (including phenoxy) is 1. The first-order valence-electron chi connectivity index (χ1n) is 15.8. The summed E-state index contributed by atoms with van der Waals surface area (Å²) in [4.78, 5) is 53.6. The molecule has 5 aromatic rings. The van der Waals surface area contributed by atoms with Gasteiger partial charge in [-0.3, -0.25) is 19.2 Å². The van der Waals surface area contributed by atoms with Crippen molar-refractivity contribution in [1.29, 1.82) is 5.26 Å². The van der Waals surface area contributed by atoms with E-state index >= 15 is 0 Å². The summed E-state index contributed by atoms with van der Waals surface area (Å²) in [5.41, 5.74) is 2.77. The number of anilines is 3. The Balaban J connectivity index is 1.26. The smallest absolute Gasteiger partial charge is 0.272 e. The van der Waals surface area contributed by atoms with Crippen molar-refractivity contribution in [2.45, 2.75) is 18.7 Å². The molecule has 0 aliphatic heterocycles. The number of hydrogen-bond acceptors (Lipinski definition) is 8. The Morgan fingerprint density at radius 2 is 1.51 bits per heavy atom. The highest BCUT2D eigenvalue weighted by molar-refractivity contribution is 8.00. The van der Waals surface area contributed by atoms with Gasteiger partial charge in [0.05, 0.1) is 22.8 Å². The number of nitriles is 1. The van der Waals surface area contributed by atoms with Crippen LogP contribution in [0.5, 0.6) is 5.75 Å². The fraction of sp³-hybridized carbons (Fsp3) is 0.103. The van der Waals surface area contributed by atoms with Crippen LogP contribution >= 0.6 is 23.1 Å². The number of rotatable bonds is 13. The van der Waals surface area contributed by atoms with Gasteiger partial charge in [0.15, 0.2) is 0 Å². The van der Waals surface area contributed by atoms with Crippen molar-refractivity contribution in [2.75, 3.05) is 28.3 Å². The number of thiophene rings is 1. The third kappa shape index (κ3) is 9.72. The lowest BCUT2D eigenvalue weighted by Crippen LogP contribution is -2.30. The van der Waals surface area contributed by atoms with E-state index in [2.05, 4.69) is 27.3 Å². The Morgan fingerprint density at radius 1 is 0.824 bits per heavy atom. The molecular weight excluding hydrogens is 683 g/mol. The van der Waals surface area contributed by atoms with E-state index in [4.69, 9.17) is 4.74 Å². The molecule has 0 fully saturated rings. The van der Waals surface area contributed by atoms with Crippen LogP contribution in [0, 0.1) is 18.3 Å². The minimum absolute atomic E-state index is 0.00272. The molecule has 0 spiro atoms. The van der Waals surface area contributed by atoms with Crippen LogP contribution in [0.2, 0.25) is 0 Å². The molecule has 0 unspecified atom stereocenters. The molecule has 4 aromatic carbocycles. The van der Waals surface area contributed by atoms with Crippen molar-refractivity contribution in [3.63, 3.8) is 0 Å². The zero-order chi connectivity index (χ0) is 36.2. The van der Waals surface area contributed by atoms with E-state index in [-0.39, 0.29) is 28.8 Å². The van der Waals surface area contributed by atoms with Crippen molar-refractivity contribution in [3.8, 4) is 11.8 Å². The molecule has 5 rings (SSSR count). The number of para-hydroxylation sites is 2. The van der Waals surface area contributed by atoms with Gasteiger partial charge in [-0.15, -0.1) is 23.1 Å². The molecule has 0 bridgehead atoms. The molecule has 0 saturated heterocycles. The number of carbonyl (C=O) groups excluding carboxylic acids is 4. The molecule has 10 nitrogen and oxygen atoms in total. The van der Waals surface area contributed by atoms with Crippen molar-refractivity contribution < 1.29 is 23.9 Å². The quantitative estimate of drug-likeness (QED) is 0.0720. The summed E-state index contributed by atoms with van der Waals surface area (Å²) < 4.78 is 5.72. The highest BCUT2D eigenvalue weighted by atomic mass is 32.2. The van der Waals surface area contributed by atoms with Crippen molar-refractivity contribution >= 4 is 69.2 Å². The average molecular weight is 716 g/mol. The summed E-state index contributed by atoms with van der Waals surface area (Å²) in [6.07, 6.45) is 1.56. The largest absolute Gasteiger partial charge is 0.493 e. The van der Waals surface area contributed by atoms with E-state index in [1.165, 1.54) is 11.8 Å². The highest BCUT2D eigenvalue weighted by Gasteiger charge is 2.22. The lowest BCUT2D eigenvalue weighted by atomic mass is 10.1. The first-order chi connectivity index (χ1) is 24.7. The first kappa shape index (κ1) is 36.1. The SMILES string of the molecule is CCOc1ccccc1/C=C(/NC(=O)c1ccccc1)C(=O)Nc1cccc(SCC(=O)Nc2sc(C(=O)Nc3ccccc3)c(C)c2C#N)c1. The van der Waals surface area contributed by atoms with Crippen molar-refractivity contribution in [3.05, 3.63) is 142 Å². The minimum Gasteiger partial charge on any atom is -0.493 e. The van der Waals surface area contributed by atoms with Crippen LogP contribution in [0.4, 0.5) is 16.4 Å². The molecule has 12 heteroatoms. The molecule has 51 heavy (non-hydrogen) atoms. The van der Waals surface area contributed by atoms with Crippen LogP contribution in [0.3, 0.4) is 0 Å². The van der Waals surface area contributed by atoms with Gasteiger partial charge < -0.3 is 26.0 Å². The number of amides is 4. The molecule has 0 aliphatic rings. The lowest BCUT2D eigenvalue weighted by Gasteiger charge is -2.13. The fourth-order valence-electron chi connectivity index (χ4n) is 4.82. The number of carbonyl (C=O) groups is 4. The summed E-state index contributed by atoms with van der Waals surface area (Å²) in [7, 11) is 0. The molecule has 0 aliphatic carbocycles.